The van der Waals surface area contributed by atoms with Crippen LogP contribution in [0.4, 0.5) is 4.79 Å². The molecule has 1 aromatic rings. The van der Waals surface area contributed by atoms with Gasteiger partial charge in [0, 0.05) is 0 Å². The molecule has 1 aliphatic rings. The van der Waals surface area contributed by atoms with Gasteiger partial charge in [0.25, 0.3) is 0 Å². The molecule has 0 spiro atoms. The fourth-order valence-corrected chi connectivity index (χ4v) is 1.52. The predicted molar refractivity (Wildman–Crippen MR) is 55.5 cm³/mol. The Kier molecular flexibility index (Phi) is 3.04. The van der Waals surface area contributed by atoms with Gasteiger partial charge in [-0.25, -0.2) is 9.48 Å². The maximum atomic E-state index is 10.8. The Hall–Kier alpha value is -1.63. The fraction of sp³-hybridized carbons (Fsp3) is 0.667. The highest BCUT2D eigenvalue weighted by atomic mass is 16.6. The Morgan fingerprint density at radius 2 is 2.62 bits per heavy atom. The summed E-state index contributed by atoms with van der Waals surface area (Å²) in [5.41, 5.74) is 6.59. The zero-order chi connectivity index (χ0) is 11.5. The largest absolute Gasteiger partial charge is 0.442 e. The number of amides is 1. The van der Waals surface area contributed by atoms with Crippen molar-refractivity contribution in [1.82, 2.24) is 20.3 Å². The van der Waals surface area contributed by atoms with Crippen LogP contribution in [0.1, 0.15) is 25.1 Å². The third kappa shape index (κ3) is 2.30. The van der Waals surface area contributed by atoms with Crippen LogP contribution in [-0.2, 0) is 11.3 Å². The van der Waals surface area contributed by atoms with E-state index in [1.165, 1.54) is 0 Å². The van der Waals surface area contributed by atoms with Crippen molar-refractivity contribution in [1.29, 1.82) is 0 Å². The van der Waals surface area contributed by atoms with Gasteiger partial charge in [-0.1, -0.05) is 12.1 Å². The Morgan fingerprint density at radius 1 is 1.81 bits per heavy atom. The Morgan fingerprint density at radius 3 is 3.25 bits per heavy atom. The lowest BCUT2D eigenvalue weighted by Crippen LogP contribution is -2.20. The molecule has 7 heteroatoms. The van der Waals surface area contributed by atoms with Crippen molar-refractivity contribution >= 4 is 6.09 Å². The molecule has 0 radical (unpaired) electrons. The van der Waals surface area contributed by atoms with E-state index < -0.39 is 0 Å². The monoisotopic (exact) mass is 225 g/mol. The number of nitrogens with zero attached hydrogens (tertiary/aromatic N) is 3. The Labute approximate surface area is 92.9 Å². The molecule has 1 aromatic heterocycles. The van der Waals surface area contributed by atoms with Crippen molar-refractivity contribution in [3.8, 4) is 0 Å². The van der Waals surface area contributed by atoms with E-state index in [-0.39, 0.29) is 18.2 Å². The van der Waals surface area contributed by atoms with Gasteiger partial charge >= 0.3 is 6.09 Å². The quantitative estimate of drug-likeness (QED) is 0.739. The van der Waals surface area contributed by atoms with Crippen molar-refractivity contribution in [3.63, 3.8) is 0 Å². The summed E-state index contributed by atoms with van der Waals surface area (Å²) in [5, 5.41) is 10.5. The van der Waals surface area contributed by atoms with Crippen molar-refractivity contribution in [3.05, 3.63) is 11.9 Å². The molecule has 0 aliphatic carbocycles. The average molecular weight is 225 g/mol. The minimum atomic E-state index is -0.379. The first-order valence-corrected chi connectivity index (χ1v) is 5.29. The summed E-state index contributed by atoms with van der Waals surface area (Å²) in [7, 11) is 0. The number of nitrogens with one attached hydrogen (secondary N) is 1. The van der Waals surface area contributed by atoms with Crippen molar-refractivity contribution < 1.29 is 9.53 Å². The third-order valence-electron chi connectivity index (χ3n) is 2.51. The molecule has 1 amide bonds. The summed E-state index contributed by atoms with van der Waals surface area (Å²) < 4.78 is 6.64. The minimum Gasteiger partial charge on any atom is -0.442 e. The molecule has 88 valence electrons. The van der Waals surface area contributed by atoms with Crippen molar-refractivity contribution in [2.45, 2.75) is 32.0 Å². The van der Waals surface area contributed by atoms with E-state index in [0.29, 0.717) is 13.1 Å². The molecule has 2 atom stereocenters. The number of hydrogen-bond acceptors (Lipinski definition) is 5. The van der Waals surface area contributed by atoms with Crippen LogP contribution < -0.4 is 11.1 Å². The van der Waals surface area contributed by atoms with E-state index in [9.17, 15) is 4.79 Å². The topological polar surface area (TPSA) is 95.1 Å². The zero-order valence-electron chi connectivity index (χ0n) is 9.09. The van der Waals surface area contributed by atoms with Crippen LogP contribution in [0.5, 0.6) is 0 Å². The van der Waals surface area contributed by atoms with Crippen LogP contribution in [0.3, 0.4) is 0 Å². The maximum Gasteiger partial charge on any atom is 0.407 e. The van der Waals surface area contributed by atoms with Crippen LogP contribution in [0.2, 0.25) is 0 Å². The van der Waals surface area contributed by atoms with E-state index in [1.54, 1.807) is 10.9 Å². The number of ether oxygens (including phenoxy) is 1. The zero-order valence-corrected chi connectivity index (χ0v) is 9.09. The fourth-order valence-electron chi connectivity index (χ4n) is 1.52. The van der Waals surface area contributed by atoms with Crippen LogP contribution in [0.15, 0.2) is 6.20 Å². The SMILES string of the molecule is CCC(N)c1cn(CC2CNC(=O)O2)nn1. The molecule has 0 saturated carbocycles. The number of cyclic esters (lactones) is 1. The van der Waals surface area contributed by atoms with E-state index in [2.05, 4.69) is 15.6 Å². The van der Waals surface area contributed by atoms with Gasteiger partial charge in [0.2, 0.25) is 0 Å². The van der Waals surface area contributed by atoms with Crippen LogP contribution in [-0.4, -0.2) is 33.7 Å². The molecular formula is C9H15N5O2. The first-order chi connectivity index (χ1) is 7.69. The third-order valence-corrected chi connectivity index (χ3v) is 2.51. The molecule has 3 N–H and O–H groups in total. The van der Waals surface area contributed by atoms with Gasteiger partial charge in [-0.15, -0.1) is 5.10 Å². The molecule has 0 bridgehead atoms. The molecule has 7 nitrogen and oxygen atoms in total. The summed E-state index contributed by atoms with van der Waals surface area (Å²) in [4.78, 5) is 10.8. The van der Waals surface area contributed by atoms with Crippen molar-refractivity contribution in [2.24, 2.45) is 5.73 Å². The van der Waals surface area contributed by atoms with Crippen LogP contribution in [0, 0.1) is 0 Å². The first-order valence-electron chi connectivity index (χ1n) is 5.29. The summed E-state index contributed by atoms with van der Waals surface area (Å²) in [6, 6.07) is -0.0852. The molecule has 1 fully saturated rings. The first kappa shape index (κ1) is 10.9. The van der Waals surface area contributed by atoms with Crippen LogP contribution >= 0.6 is 0 Å². The second kappa shape index (κ2) is 4.48. The molecule has 2 unspecified atom stereocenters. The predicted octanol–water partition coefficient (Wildman–Crippen LogP) is -0.204. The van der Waals surface area contributed by atoms with Crippen LogP contribution in [0.25, 0.3) is 0 Å². The molecule has 0 aromatic carbocycles. The molecule has 2 heterocycles. The minimum absolute atomic E-state index is 0.0852. The van der Waals surface area contributed by atoms with Gasteiger partial charge in [-0.2, -0.15) is 0 Å². The number of alkyl carbamates (subject to hydrolysis) is 1. The van der Waals surface area contributed by atoms with Gasteiger partial charge in [-0.3, -0.25) is 0 Å². The van der Waals surface area contributed by atoms with Gasteiger partial charge in [0.05, 0.1) is 31.0 Å². The average Bonchev–Trinajstić information content (AvgIpc) is 2.87. The molecular weight excluding hydrogens is 210 g/mol. The van der Waals surface area contributed by atoms with Gasteiger partial charge in [0.15, 0.2) is 0 Å². The molecule has 1 aliphatic heterocycles. The number of carbonyl (C=O) groups is 1. The number of rotatable bonds is 4. The van der Waals surface area contributed by atoms with Gasteiger partial charge in [-0.05, 0) is 6.42 Å². The number of carbonyl (C=O) groups excluding carboxylic acids is 1. The summed E-state index contributed by atoms with van der Waals surface area (Å²) in [5.74, 6) is 0. The smallest absolute Gasteiger partial charge is 0.407 e. The van der Waals surface area contributed by atoms with E-state index >= 15 is 0 Å². The second-order valence-corrected chi connectivity index (χ2v) is 3.79. The Bertz CT molecular complexity index is 378. The normalized spacial score (nSPS) is 21.6. The lowest BCUT2D eigenvalue weighted by Gasteiger charge is -2.06. The molecule has 2 rings (SSSR count). The summed E-state index contributed by atoms with van der Waals surface area (Å²) >= 11 is 0. The standard InChI is InChI=1S/C9H15N5O2/c1-2-7(10)8-5-14(13-12-8)4-6-3-11-9(15)16-6/h5-7H,2-4,10H2,1H3,(H,11,15). The maximum absolute atomic E-state index is 10.8. The summed E-state index contributed by atoms with van der Waals surface area (Å²) in [6.45, 7) is 3.00. The van der Waals surface area contributed by atoms with Crippen molar-refractivity contribution in [2.75, 3.05) is 6.54 Å². The van der Waals surface area contributed by atoms with E-state index in [0.717, 1.165) is 12.1 Å². The Balaban J connectivity index is 1.95. The highest BCUT2D eigenvalue weighted by Gasteiger charge is 2.23. The van der Waals surface area contributed by atoms with Gasteiger partial charge in [0.1, 0.15) is 6.10 Å². The number of nitrogens with two attached hydrogens (primary N) is 1. The lowest BCUT2D eigenvalue weighted by molar-refractivity contribution is 0.128. The van der Waals surface area contributed by atoms with E-state index in [1.807, 2.05) is 6.92 Å². The molecule has 16 heavy (non-hydrogen) atoms. The van der Waals surface area contributed by atoms with E-state index in [4.69, 9.17) is 10.5 Å². The number of hydrogen-bond donors (Lipinski definition) is 2. The second-order valence-electron chi connectivity index (χ2n) is 3.79. The van der Waals surface area contributed by atoms with Gasteiger partial charge < -0.3 is 15.8 Å². The number of aromatic nitrogens is 3. The summed E-state index contributed by atoms with van der Waals surface area (Å²) in [6.07, 6.45) is 2.05. The lowest BCUT2D eigenvalue weighted by atomic mass is 10.2. The highest BCUT2D eigenvalue weighted by Crippen LogP contribution is 2.10. The molecule has 1 saturated heterocycles. The highest BCUT2D eigenvalue weighted by molar-refractivity contribution is 5.69.